The summed E-state index contributed by atoms with van der Waals surface area (Å²) in [6.45, 7) is 0.784. The summed E-state index contributed by atoms with van der Waals surface area (Å²) in [5.74, 6) is 0.150. The van der Waals surface area contributed by atoms with Gasteiger partial charge in [0.25, 0.3) is 0 Å². The van der Waals surface area contributed by atoms with Crippen LogP contribution in [0.5, 0.6) is 0 Å². The molecule has 0 spiro atoms. The Hall–Kier alpha value is -2.25. The van der Waals surface area contributed by atoms with Gasteiger partial charge in [-0.15, -0.1) is 0 Å². The van der Waals surface area contributed by atoms with Crippen molar-refractivity contribution < 1.29 is 9.53 Å². The largest absolute Gasteiger partial charge is 0.383 e. The first-order chi connectivity index (χ1) is 9.69. The zero-order valence-electron chi connectivity index (χ0n) is 11.2. The molecule has 0 aliphatic carbocycles. The molecular weight excluding hydrogens is 258 g/mol. The van der Waals surface area contributed by atoms with Gasteiger partial charge in [-0.2, -0.15) is 5.10 Å². The van der Waals surface area contributed by atoms with Gasteiger partial charge in [0.15, 0.2) is 5.82 Å². The van der Waals surface area contributed by atoms with Crippen LogP contribution < -0.4 is 11.1 Å². The number of methoxy groups -OCH3 is 1. The lowest BCUT2D eigenvalue weighted by Crippen LogP contribution is -2.39. The molecule has 0 saturated carbocycles. The third kappa shape index (κ3) is 3.87. The van der Waals surface area contributed by atoms with Crippen molar-refractivity contribution in [2.24, 2.45) is 5.73 Å². The minimum absolute atomic E-state index is 0.170. The Morgan fingerprint density at radius 3 is 2.90 bits per heavy atom. The Balaban J connectivity index is 1.94. The van der Waals surface area contributed by atoms with E-state index in [-0.39, 0.29) is 12.5 Å². The molecule has 0 aliphatic rings. The van der Waals surface area contributed by atoms with Crippen LogP contribution in [0.3, 0.4) is 0 Å². The van der Waals surface area contributed by atoms with Gasteiger partial charge in [0.2, 0.25) is 5.91 Å². The number of carbonyl (C=O) groups is 1. The highest BCUT2D eigenvalue weighted by Gasteiger charge is 2.14. The van der Waals surface area contributed by atoms with Crippen molar-refractivity contribution in [3.8, 4) is 0 Å². The molecule has 7 heteroatoms. The van der Waals surface area contributed by atoms with E-state index in [0.29, 0.717) is 12.4 Å². The van der Waals surface area contributed by atoms with Crippen LogP contribution in [-0.2, 0) is 16.1 Å². The number of anilines is 1. The Morgan fingerprint density at radius 1 is 1.45 bits per heavy atom. The van der Waals surface area contributed by atoms with E-state index >= 15 is 0 Å². The molecule has 0 saturated heterocycles. The molecule has 1 unspecified atom stereocenters. The van der Waals surface area contributed by atoms with E-state index in [4.69, 9.17) is 10.5 Å². The fraction of sp³-hybridized carbons (Fsp3) is 0.308. The van der Waals surface area contributed by atoms with Gasteiger partial charge >= 0.3 is 0 Å². The summed E-state index contributed by atoms with van der Waals surface area (Å²) in [7, 11) is 1.50. The number of nitrogens with zero attached hydrogens (tertiary/aromatic N) is 3. The molecule has 0 bridgehead atoms. The number of carbonyl (C=O) groups excluding carboxylic acids is 1. The van der Waals surface area contributed by atoms with Crippen molar-refractivity contribution >= 4 is 11.7 Å². The number of hydrogen-bond acceptors (Lipinski definition) is 5. The Bertz CT molecular complexity index is 555. The lowest BCUT2D eigenvalue weighted by atomic mass is 10.3. The maximum Gasteiger partial charge on any atom is 0.244 e. The maximum atomic E-state index is 11.7. The molecule has 0 fully saturated rings. The van der Waals surface area contributed by atoms with Crippen LogP contribution in [0.1, 0.15) is 5.56 Å². The van der Waals surface area contributed by atoms with Gasteiger partial charge in [-0.3, -0.25) is 14.5 Å². The van der Waals surface area contributed by atoms with Gasteiger partial charge in [-0.25, -0.2) is 0 Å². The lowest BCUT2D eigenvalue weighted by molar-refractivity contribution is -0.118. The van der Waals surface area contributed by atoms with Crippen LogP contribution in [0.15, 0.2) is 36.8 Å². The van der Waals surface area contributed by atoms with Crippen molar-refractivity contribution in [1.29, 1.82) is 0 Å². The van der Waals surface area contributed by atoms with Crippen LogP contribution in [-0.4, -0.2) is 40.4 Å². The number of aromatic nitrogens is 3. The second kappa shape index (κ2) is 6.78. The number of pyridine rings is 1. The van der Waals surface area contributed by atoms with E-state index in [2.05, 4.69) is 15.4 Å². The van der Waals surface area contributed by atoms with E-state index in [0.717, 1.165) is 5.56 Å². The van der Waals surface area contributed by atoms with Gasteiger partial charge < -0.3 is 15.8 Å². The lowest BCUT2D eigenvalue weighted by Gasteiger charge is -2.09. The van der Waals surface area contributed by atoms with Crippen molar-refractivity contribution in [1.82, 2.24) is 14.8 Å². The maximum absolute atomic E-state index is 11.7. The van der Waals surface area contributed by atoms with Gasteiger partial charge in [0, 0.05) is 31.8 Å². The van der Waals surface area contributed by atoms with Crippen LogP contribution >= 0.6 is 0 Å². The van der Waals surface area contributed by atoms with Crippen LogP contribution in [0, 0.1) is 0 Å². The molecule has 106 valence electrons. The average molecular weight is 275 g/mol. The molecule has 0 aliphatic heterocycles. The minimum atomic E-state index is -0.703. The van der Waals surface area contributed by atoms with E-state index in [1.165, 1.54) is 7.11 Å². The third-order valence-electron chi connectivity index (χ3n) is 2.67. The standard InChI is InChI=1S/C13H17N5O2/c1-20-9-11(14)13(19)16-12-4-7-18(17-12)8-10-2-5-15-6-3-10/h2-7,11H,8-9,14H2,1H3,(H,16,17,19). The highest BCUT2D eigenvalue weighted by molar-refractivity contribution is 5.93. The topological polar surface area (TPSA) is 95.1 Å². The molecule has 2 rings (SSSR count). The SMILES string of the molecule is COCC(N)C(=O)Nc1ccn(Cc2ccncc2)n1. The smallest absolute Gasteiger partial charge is 0.244 e. The number of hydrogen-bond donors (Lipinski definition) is 2. The number of amides is 1. The predicted octanol–water partition coefficient (Wildman–Crippen LogP) is 0.239. The van der Waals surface area contributed by atoms with Gasteiger partial charge in [0.05, 0.1) is 13.2 Å². The number of ether oxygens (including phenoxy) is 1. The molecule has 3 N–H and O–H groups in total. The molecule has 1 atom stereocenters. The van der Waals surface area contributed by atoms with Gasteiger partial charge in [-0.05, 0) is 17.7 Å². The molecule has 0 aromatic carbocycles. The molecule has 7 nitrogen and oxygen atoms in total. The predicted molar refractivity (Wildman–Crippen MR) is 74.0 cm³/mol. The van der Waals surface area contributed by atoms with Crippen LogP contribution in [0.25, 0.3) is 0 Å². The number of nitrogens with one attached hydrogen (secondary N) is 1. The zero-order valence-corrected chi connectivity index (χ0v) is 11.2. The summed E-state index contributed by atoms with van der Waals surface area (Å²) >= 11 is 0. The first kappa shape index (κ1) is 14.2. The minimum Gasteiger partial charge on any atom is -0.383 e. The molecule has 20 heavy (non-hydrogen) atoms. The Kier molecular flexibility index (Phi) is 4.80. The van der Waals surface area contributed by atoms with E-state index < -0.39 is 6.04 Å². The summed E-state index contributed by atoms with van der Waals surface area (Å²) in [5.41, 5.74) is 6.71. The number of nitrogens with two attached hydrogens (primary N) is 1. The van der Waals surface area contributed by atoms with Crippen molar-refractivity contribution in [3.63, 3.8) is 0 Å². The van der Waals surface area contributed by atoms with Crippen molar-refractivity contribution in [2.75, 3.05) is 19.0 Å². The van der Waals surface area contributed by atoms with Crippen molar-refractivity contribution in [3.05, 3.63) is 42.4 Å². The zero-order chi connectivity index (χ0) is 14.4. The van der Waals surface area contributed by atoms with E-state index in [9.17, 15) is 4.79 Å². The summed E-state index contributed by atoms with van der Waals surface area (Å²) in [5, 5.41) is 6.90. The third-order valence-corrected chi connectivity index (χ3v) is 2.67. The highest BCUT2D eigenvalue weighted by atomic mass is 16.5. The van der Waals surface area contributed by atoms with Crippen LogP contribution in [0.4, 0.5) is 5.82 Å². The van der Waals surface area contributed by atoms with Gasteiger partial charge in [0.1, 0.15) is 6.04 Å². The average Bonchev–Trinajstić information content (AvgIpc) is 2.87. The normalized spacial score (nSPS) is 12.1. The molecule has 1 amide bonds. The second-order valence-corrected chi connectivity index (χ2v) is 4.31. The summed E-state index contributed by atoms with van der Waals surface area (Å²) in [6, 6.07) is 4.84. The Labute approximate surface area is 116 Å². The fourth-order valence-electron chi connectivity index (χ4n) is 1.67. The summed E-state index contributed by atoms with van der Waals surface area (Å²) in [6.07, 6.45) is 5.24. The summed E-state index contributed by atoms with van der Waals surface area (Å²) < 4.78 is 6.56. The molecular formula is C13H17N5O2. The first-order valence-corrected chi connectivity index (χ1v) is 6.17. The Morgan fingerprint density at radius 2 is 2.20 bits per heavy atom. The second-order valence-electron chi connectivity index (χ2n) is 4.31. The van der Waals surface area contributed by atoms with Crippen LogP contribution in [0.2, 0.25) is 0 Å². The molecule has 0 radical (unpaired) electrons. The monoisotopic (exact) mass is 275 g/mol. The molecule has 2 aromatic heterocycles. The number of rotatable bonds is 6. The highest BCUT2D eigenvalue weighted by Crippen LogP contribution is 2.06. The van der Waals surface area contributed by atoms with Crippen molar-refractivity contribution in [2.45, 2.75) is 12.6 Å². The van der Waals surface area contributed by atoms with Gasteiger partial charge in [-0.1, -0.05) is 0 Å². The van der Waals surface area contributed by atoms with E-state index in [1.54, 1.807) is 29.3 Å². The fourth-order valence-corrected chi connectivity index (χ4v) is 1.67. The quantitative estimate of drug-likeness (QED) is 0.787. The molecule has 2 heterocycles. The van der Waals surface area contributed by atoms with E-state index in [1.807, 2.05) is 12.1 Å². The summed E-state index contributed by atoms with van der Waals surface area (Å²) in [4.78, 5) is 15.7. The first-order valence-electron chi connectivity index (χ1n) is 6.17. The molecule has 2 aromatic rings.